The first-order chi connectivity index (χ1) is 12.4. The lowest BCUT2D eigenvalue weighted by Gasteiger charge is -2.06. The molecule has 0 radical (unpaired) electrons. The smallest absolute Gasteiger partial charge is 0.129 e. The van der Waals surface area contributed by atoms with Crippen LogP contribution in [0.5, 0.6) is 0 Å². The monoisotopic (exact) mass is 411 g/mol. The molecule has 2 aromatic heterocycles. The minimum atomic E-state index is 0.757. The van der Waals surface area contributed by atoms with Crippen molar-refractivity contribution in [3.63, 3.8) is 0 Å². The fourth-order valence-electron chi connectivity index (χ4n) is 3.03. The Morgan fingerprint density at radius 1 is 1.12 bits per heavy atom. The molecule has 5 nitrogen and oxygen atoms in total. The Balaban J connectivity index is 1.91. The second-order valence-corrected chi connectivity index (χ2v) is 7.10. The van der Waals surface area contributed by atoms with E-state index in [1.54, 1.807) is 12.3 Å². The average Bonchev–Trinajstić information content (AvgIpc) is 2.94. The minimum Gasteiger partial charge on any atom is -0.331 e. The highest BCUT2D eigenvalue weighted by Crippen LogP contribution is 2.27. The van der Waals surface area contributed by atoms with Gasteiger partial charge in [-0.3, -0.25) is 4.99 Å². The maximum absolute atomic E-state index is 4.86. The number of aliphatic imine (C=N–C) groups is 1. The van der Waals surface area contributed by atoms with Crippen LogP contribution in [0.2, 0.25) is 0 Å². The van der Waals surface area contributed by atoms with Crippen LogP contribution in [0.15, 0.2) is 34.3 Å². The van der Waals surface area contributed by atoms with Gasteiger partial charge in [-0.15, -0.1) is 0 Å². The Kier molecular flexibility index (Phi) is 5.32. The van der Waals surface area contributed by atoms with Gasteiger partial charge in [0.2, 0.25) is 0 Å². The number of aryl methyl sites for hydroxylation is 6. The van der Waals surface area contributed by atoms with Crippen LogP contribution < -0.4 is 0 Å². The van der Waals surface area contributed by atoms with Crippen LogP contribution in [0.1, 0.15) is 28.6 Å². The van der Waals surface area contributed by atoms with Crippen LogP contribution in [0, 0.1) is 20.8 Å². The van der Waals surface area contributed by atoms with Crippen LogP contribution in [0.3, 0.4) is 0 Å². The van der Waals surface area contributed by atoms with Crippen LogP contribution in [0.4, 0.5) is 5.69 Å². The molecule has 3 aromatic rings. The van der Waals surface area contributed by atoms with E-state index in [4.69, 9.17) is 4.98 Å². The highest BCUT2D eigenvalue weighted by Gasteiger charge is 2.13. The van der Waals surface area contributed by atoms with Gasteiger partial charge in [0.05, 0.1) is 32.6 Å². The third-order valence-corrected chi connectivity index (χ3v) is 5.64. The molecule has 0 spiro atoms. The predicted octanol–water partition coefficient (Wildman–Crippen LogP) is 4.72. The van der Waals surface area contributed by atoms with Crippen LogP contribution in [0.25, 0.3) is 11.0 Å². The number of aromatic nitrogens is 4. The maximum atomic E-state index is 4.86. The molecular weight excluding hydrogens is 390 g/mol. The third-order valence-electron chi connectivity index (χ3n) is 4.49. The van der Waals surface area contributed by atoms with Gasteiger partial charge >= 0.3 is 0 Å². The normalized spacial score (nSPS) is 11.6. The van der Waals surface area contributed by atoms with Gasteiger partial charge in [-0.05, 0) is 48.8 Å². The van der Waals surface area contributed by atoms with Gasteiger partial charge in [0, 0.05) is 31.7 Å². The number of allylic oxidation sites excluding steroid dienone is 1. The lowest BCUT2D eigenvalue weighted by atomic mass is 10.1. The third kappa shape index (κ3) is 3.46. The molecule has 0 unspecified atom stereocenters. The Morgan fingerprint density at radius 2 is 1.81 bits per heavy atom. The van der Waals surface area contributed by atoms with Crippen LogP contribution in [-0.4, -0.2) is 25.7 Å². The van der Waals surface area contributed by atoms with Gasteiger partial charge in [0.25, 0.3) is 0 Å². The van der Waals surface area contributed by atoms with Crippen molar-refractivity contribution in [3.8, 4) is 0 Å². The molecule has 0 saturated carbocycles. The highest BCUT2D eigenvalue weighted by molar-refractivity contribution is 9.10. The summed E-state index contributed by atoms with van der Waals surface area (Å²) in [4.78, 5) is 18.4. The quantitative estimate of drug-likeness (QED) is 0.570. The van der Waals surface area contributed by atoms with Gasteiger partial charge < -0.3 is 4.57 Å². The van der Waals surface area contributed by atoms with E-state index in [2.05, 4.69) is 62.1 Å². The molecule has 0 saturated heterocycles. The van der Waals surface area contributed by atoms with E-state index < -0.39 is 0 Å². The molecule has 6 heteroatoms. The Hall–Kier alpha value is -2.34. The summed E-state index contributed by atoms with van der Waals surface area (Å²) in [7, 11) is 2.05. The van der Waals surface area contributed by atoms with Gasteiger partial charge in [0.1, 0.15) is 11.6 Å². The molecule has 0 aliphatic rings. The van der Waals surface area contributed by atoms with Crippen LogP contribution in [-0.2, 0) is 19.9 Å². The summed E-state index contributed by atoms with van der Waals surface area (Å²) in [6.45, 7) is 9.71. The maximum Gasteiger partial charge on any atom is 0.129 e. The Morgan fingerprint density at radius 3 is 2.46 bits per heavy atom. The molecule has 0 bridgehead atoms. The molecule has 0 aliphatic carbocycles. The molecule has 134 valence electrons. The summed E-state index contributed by atoms with van der Waals surface area (Å²) in [6, 6.07) is 4.09. The average molecular weight is 412 g/mol. The standard InChI is InChI=1S/C20H22BrN5/c1-6-11-22-15-7-8-16-20(12(15)2)25-18(26(16)5)10-9-17-23-13(3)19(21)14(4)24-17/h6-8,11H,1,9-10H2,2-5H3. The van der Waals surface area contributed by atoms with Crippen molar-refractivity contribution >= 4 is 38.9 Å². The van der Waals surface area contributed by atoms with Gasteiger partial charge in [-0.25, -0.2) is 15.0 Å². The lowest BCUT2D eigenvalue weighted by Crippen LogP contribution is -2.05. The van der Waals surface area contributed by atoms with Crippen molar-refractivity contribution in [1.29, 1.82) is 0 Å². The molecule has 0 atom stereocenters. The summed E-state index contributed by atoms with van der Waals surface area (Å²) < 4.78 is 3.12. The van der Waals surface area contributed by atoms with Crippen molar-refractivity contribution in [3.05, 3.63) is 57.9 Å². The Labute approximate surface area is 162 Å². The van der Waals surface area contributed by atoms with Crippen molar-refractivity contribution in [2.75, 3.05) is 0 Å². The van der Waals surface area contributed by atoms with E-state index in [0.717, 1.165) is 62.6 Å². The molecule has 0 N–H and O–H groups in total. The second kappa shape index (κ2) is 7.50. The lowest BCUT2D eigenvalue weighted by molar-refractivity contribution is 0.750. The zero-order valence-electron chi connectivity index (χ0n) is 15.5. The number of imidazole rings is 1. The highest BCUT2D eigenvalue weighted by atomic mass is 79.9. The van der Waals surface area contributed by atoms with E-state index in [1.807, 2.05) is 19.9 Å². The summed E-state index contributed by atoms with van der Waals surface area (Å²) in [5.41, 5.74) is 6.04. The van der Waals surface area contributed by atoms with Crippen molar-refractivity contribution in [2.24, 2.45) is 12.0 Å². The fourth-order valence-corrected chi connectivity index (χ4v) is 3.21. The number of hydrogen-bond acceptors (Lipinski definition) is 4. The summed E-state index contributed by atoms with van der Waals surface area (Å²) >= 11 is 3.52. The first-order valence-corrected chi connectivity index (χ1v) is 9.31. The molecule has 3 rings (SSSR count). The van der Waals surface area contributed by atoms with Crippen molar-refractivity contribution in [1.82, 2.24) is 19.5 Å². The van der Waals surface area contributed by atoms with Crippen LogP contribution >= 0.6 is 15.9 Å². The number of hydrogen-bond donors (Lipinski definition) is 0. The summed E-state index contributed by atoms with van der Waals surface area (Å²) in [5, 5.41) is 0. The van der Waals surface area contributed by atoms with Crippen molar-refractivity contribution < 1.29 is 0 Å². The van der Waals surface area contributed by atoms with E-state index in [9.17, 15) is 0 Å². The number of nitrogens with zero attached hydrogens (tertiary/aromatic N) is 5. The number of fused-ring (bicyclic) bond motifs is 1. The van der Waals surface area contributed by atoms with E-state index in [-0.39, 0.29) is 0 Å². The zero-order chi connectivity index (χ0) is 18.8. The number of benzene rings is 1. The largest absolute Gasteiger partial charge is 0.331 e. The molecule has 0 amide bonds. The van der Waals surface area contributed by atoms with Gasteiger partial charge in [-0.1, -0.05) is 12.7 Å². The van der Waals surface area contributed by atoms with Crippen molar-refractivity contribution in [2.45, 2.75) is 33.6 Å². The summed E-state index contributed by atoms with van der Waals surface area (Å²) in [6.07, 6.45) is 4.92. The molecule has 2 heterocycles. The topological polar surface area (TPSA) is 56.0 Å². The molecule has 0 aliphatic heterocycles. The molecule has 1 aromatic carbocycles. The molecule has 0 fully saturated rings. The predicted molar refractivity (Wildman–Crippen MR) is 110 cm³/mol. The molecule has 26 heavy (non-hydrogen) atoms. The first kappa shape index (κ1) is 18.5. The zero-order valence-corrected chi connectivity index (χ0v) is 17.1. The Bertz CT molecular complexity index is 994. The summed E-state index contributed by atoms with van der Waals surface area (Å²) in [5.74, 6) is 1.87. The SMILES string of the molecule is C=CC=Nc1ccc2c(nc(CCc3nc(C)c(Br)c(C)n3)n2C)c1C. The number of rotatable bonds is 5. The van der Waals surface area contributed by atoms with Gasteiger partial charge in [-0.2, -0.15) is 0 Å². The fraction of sp³-hybridized carbons (Fsp3) is 0.300. The molecular formula is C20H22BrN5. The first-order valence-electron chi connectivity index (χ1n) is 8.52. The second-order valence-electron chi connectivity index (χ2n) is 6.30. The minimum absolute atomic E-state index is 0.757. The van der Waals surface area contributed by atoms with E-state index in [1.165, 1.54) is 0 Å². The number of halogens is 1. The van der Waals surface area contributed by atoms with E-state index in [0.29, 0.717) is 0 Å². The van der Waals surface area contributed by atoms with E-state index >= 15 is 0 Å². The van der Waals surface area contributed by atoms with Gasteiger partial charge in [0.15, 0.2) is 0 Å².